The summed E-state index contributed by atoms with van der Waals surface area (Å²) in [6, 6.07) is 0. The quantitative estimate of drug-likeness (QED) is 0.570. The summed E-state index contributed by atoms with van der Waals surface area (Å²) in [6.07, 6.45) is 10.4. The van der Waals surface area contributed by atoms with Crippen LogP contribution in [0.25, 0.3) is 0 Å². The standard InChI is InChI=1S/C23H32O3.C2H6/c1-4-20(25)26-19-6-5-16-21-15-12-14(15)18-11-13(24)7-9-22(18,2)17(21)8-10-23(16,19)3;1-2/h11,14-17,19,21H,4-10,12H2,1-3H3;1-2H3. The Labute approximate surface area is 170 Å². The largest absolute Gasteiger partial charge is 0.462 e. The molecule has 0 bridgehead atoms. The van der Waals surface area contributed by atoms with Crippen LogP contribution in [0.2, 0.25) is 0 Å². The molecule has 0 heterocycles. The molecule has 0 aromatic heterocycles. The van der Waals surface area contributed by atoms with Crippen molar-refractivity contribution in [3.05, 3.63) is 11.6 Å². The van der Waals surface area contributed by atoms with Crippen LogP contribution in [-0.4, -0.2) is 17.9 Å². The van der Waals surface area contributed by atoms with E-state index in [4.69, 9.17) is 4.74 Å². The van der Waals surface area contributed by atoms with Gasteiger partial charge in [-0.05, 0) is 79.6 Å². The number of hydrogen-bond acceptors (Lipinski definition) is 3. The topological polar surface area (TPSA) is 43.4 Å². The van der Waals surface area contributed by atoms with Crippen LogP contribution in [0.15, 0.2) is 11.6 Å². The number of ether oxygens (including phenoxy) is 1. The van der Waals surface area contributed by atoms with E-state index in [1.807, 2.05) is 26.8 Å². The zero-order chi connectivity index (χ0) is 20.3. The van der Waals surface area contributed by atoms with Crippen LogP contribution in [-0.2, 0) is 14.3 Å². The summed E-state index contributed by atoms with van der Waals surface area (Å²) in [4.78, 5) is 24.0. The second-order valence-electron chi connectivity index (χ2n) is 10.2. The smallest absolute Gasteiger partial charge is 0.305 e. The van der Waals surface area contributed by atoms with Crippen LogP contribution in [0.3, 0.4) is 0 Å². The van der Waals surface area contributed by atoms with Gasteiger partial charge in [0.15, 0.2) is 5.78 Å². The van der Waals surface area contributed by atoms with E-state index in [1.54, 1.807) is 0 Å². The molecular weight excluding hydrogens is 348 g/mol. The third-order valence-electron chi connectivity index (χ3n) is 9.23. The van der Waals surface area contributed by atoms with Gasteiger partial charge in [-0.15, -0.1) is 0 Å². The third-order valence-corrected chi connectivity index (χ3v) is 9.23. The highest BCUT2D eigenvalue weighted by molar-refractivity contribution is 5.92. The van der Waals surface area contributed by atoms with Gasteiger partial charge in [0.1, 0.15) is 6.10 Å². The number of carbonyl (C=O) groups excluding carboxylic acids is 2. The molecule has 5 aliphatic rings. The Morgan fingerprint density at radius 3 is 2.61 bits per heavy atom. The summed E-state index contributed by atoms with van der Waals surface area (Å²) in [7, 11) is 0. The van der Waals surface area contributed by atoms with Crippen molar-refractivity contribution in [2.75, 3.05) is 0 Å². The predicted molar refractivity (Wildman–Crippen MR) is 111 cm³/mol. The van der Waals surface area contributed by atoms with Crippen molar-refractivity contribution >= 4 is 11.8 Å². The number of allylic oxidation sites excluding steroid dienone is 1. The molecular formula is C25H38O3. The lowest BCUT2D eigenvalue weighted by atomic mass is 9.47. The van der Waals surface area contributed by atoms with Crippen LogP contribution in [0.5, 0.6) is 0 Å². The van der Waals surface area contributed by atoms with Crippen molar-refractivity contribution in [1.82, 2.24) is 0 Å². The van der Waals surface area contributed by atoms with Gasteiger partial charge >= 0.3 is 5.97 Å². The number of hydrogen-bond donors (Lipinski definition) is 0. The first-order valence-corrected chi connectivity index (χ1v) is 11.8. The summed E-state index contributed by atoms with van der Waals surface area (Å²) >= 11 is 0. The molecule has 5 aliphatic carbocycles. The normalized spacial score (nSPS) is 48.0. The third kappa shape index (κ3) is 2.75. The fourth-order valence-electron chi connectivity index (χ4n) is 7.79. The molecule has 5 rings (SSSR count). The molecule has 4 saturated carbocycles. The fraction of sp³-hybridized carbons (Fsp3) is 0.840. The van der Waals surface area contributed by atoms with Gasteiger partial charge < -0.3 is 4.74 Å². The van der Waals surface area contributed by atoms with E-state index >= 15 is 0 Å². The van der Waals surface area contributed by atoms with Gasteiger partial charge in [-0.25, -0.2) is 0 Å². The molecule has 0 aromatic carbocycles. The van der Waals surface area contributed by atoms with Crippen molar-refractivity contribution in [3.63, 3.8) is 0 Å². The van der Waals surface area contributed by atoms with Gasteiger partial charge in [-0.3, -0.25) is 9.59 Å². The second kappa shape index (κ2) is 6.99. The molecule has 3 heteroatoms. The summed E-state index contributed by atoms with van der Waals surface area (Å²) < 4.78 is 5.91. The zero-order valence-electron chi connectivity index (χ0n) is 18.4. The first kappa shape index (κ1) is 20.2. The molecule has 28 heavy (non-hydrogen) atoms. The number of rotatable bonds is 2. The molecule has 0 N–H and O–H groups in total. The SMILES string of the molecule is CC.CCC(=O)OC1CCC2C3C4CC4C4=CC(=O)CCC4(C)C3CCC12C. The highest BCUT2D eigenvalue weighted by Gasteiger charge is 2.67. The van der Waals surface area contributed by atoms with E-state index in [0.717, 1.165) is 37.0 Å². The highest BCUT2D eigenvalue weighted by Crippen LogP contribution is 2.73. The Morgan fingerprint density at radius 1 is 1.14 bits per heavy atom. The van der Waals surface area contributed by atoms with Gasteiger partial charge in [-0.1, -0.05) is 40.2 Å². The number of fused-ring (bicyclic) bond motifs is 8. The number of esters is 1. The summed E-state index contributed by atoms with van der Waals surface area (Å²) in [5.41, 5.74) is 1.92. The molecule has 156 valence electrons. The van der Waals surface area contributed by atoms with E-state index in [9.17, 15) is 9.59 Å². The number of carbonyl (C=O) groups is 2. The molecule has 0 amide bonds. The van der Waals surface area contributed by atoms with Gasteiger partial charge in [0, 0.05) is 18.3 Å². The van der Waals surface area contributed by atoms with Crippen molar-refractivity contribution in [1.29, 1.82) is 0 Å². The van der Waals surface area contributed by atoms with Crippen LogP contribution in [0, 0.1) is 40.4 Å². The summed E-state index contributed by atoms with van der Waals surface area (Å²) in [6.45, 7) is 10.8. The number of ketones is 1. The highest BCUT2D eigenvalue weighted by atomic mass is 16.5. The monoisotopic (exact) mass is 386 g/mol. The molecule has 3 nitrogen and oxygen atoms in total. The Hall–Kier alpha value is -1.12. The molecule has 0 aliphatic heterocycles. The zero-order valence-corrected chi connectivity index (χ0v) is 18.4. The summed E-state index contributed by atoms with van der Waals surface area (Å²) in [5.74, 6) is 3.98. The average Bonchev–Trinajstić information content (AvgIpc) is 3.42. The second-order valence-corrected chi connectivity index (χ2v) is 10.2. The first-order chi connectivity index (χ1) is 13.4. The van der Waals surface area contributed by atoms with E-state index in [-0.39, 0.29) is 22.9 Å². The first-order valence-electron chi connectivity index (χ1n) is 11.8. The van der Waals surface area contributed by atoms with Gasteiger partial charge in [0.2, 0.25) is 0 Å². The van der Waals surface area contributed by atoms with Crippen molar-refractivity contribution in [2.24, 2.45) is 40.4 Å². The molecule has 8 unspecified atom stereocenters. The Kier molecular flexibility index (Phi) is 5.03. The predicted octanol–water partition coefficient (Wildman–Crippen LogP) is 5.72. The minimum absolute atomic E-state index is 0.0325. The Bertz CT molecular complexity index is 694. The summed E-state index contributed by atoms with van der Waals surface area (Å²) in [5, 5.41) is 0. The fourth-order valence-corrected chi connectivity index (χ4v) is 7.79. The van der Waals surface area contributed by atoms with E-state index in [1.165, 1.54) is 31.3 Å². The van der Waals surface area contributed by atoms with Gasteiger partial charge in [0.05, 0.1) is 0 Å². The molecule has 0 spiro atoms. The minimum atomic E-state index is -0.0325. The molecule has 0 radical (unpaired) electrons. The maximum atomic E-state index is 12.1. The van der Waals surface area contributed by atoms with Gasteiger partial charge in [-0.2, -0.15) is 0 Å². The van der Waals surface area contributed by atoms with Crippen molar-refractivity contribution in [3.8, 4) is 0 Å². The average molecular weight is 387 g/mol. The minimum Gasteiger partial charge on any atom is -0.462 e. The van der Waals surface area contributed by atoms with E-state index < -0.39 is 0 Å². The Balaban J connectivity index is 0.000000932. The molecule has 0 saturated heterocycles. The maximum Gasteiger partial charge on any atom is 0.305 e. The molecule has 8 atom stereocenters. The Morgan fingerprint density at radius 2 is 1.89 bits per heavy atom. The van der Waals surface area contributed by atoms with Crippen LogP contribution in [0.4, 0.5) is 0 Å². The van der Waals surface area contributed by atoms with Crippen molar-refractivity contribution < 1.29 is 14.3 Å². The lowest BCUT2D eigenvalue weighted by Gasteiger charge is -2.57. The van der Waals surface area contributed by atoms with E-state index in [2.05, 4.69) is 13.8 Å². The molecule has 4 fully saturated rings. The lowest BCUT2D eigenvalue weighted by molar-refractivity contribution is -0.159. The lowest BCUT2D eigenvalue weighted by Crippen LogP contribution is -2.52. The molecule has 0 aromatic rings. The van der Waals surface area contributed by atoms with Crippen LogP contribution in [0.1, 0.15) is 86.0 Å². The van der Waals surface area contributed by atoms with Gasteiger partial charge in [0.25, 0.3) is 0 Å². The maximum absolute atomic E-state index is 12.1. The van der Waals surface area contributed by atoms with E-state index in [0.29, 0.717) is 24.0 Å². The van der Waals surface area contributed by atoms with Crippen LogP contribution >= 0.6 is 0 Å². The van der Waals surface area contributed by atoms with Crippen molar-refractivity contribution in [2.45, 2.75) is 92.1 Å². The van der Waals surface area contributed by atoms with Crippen LogP contribution < -0.4 is 0 Å².